The average molecular weight is 247 g/mol. The van der Waals surface area contributed by atoms with Gasteiger partial charge in [0.15, 0.2) is 0 Å². The zero-order valence-electron chi connectivity index (χ0n) is 7.53. The maximum absolute atomic E-state index is 11.3. The van der Waals surface area contributed by atoms with Crippen molar-refractivity contribution in [2.24, 2.45) is 0 Å². The van der Waals surface area contributed by atoms with Crippen molar-refractivity contribution in [2.75, 3.05) is 6.61 Å². The van der Waals surface area contributed by atoms with E-state index in [1.54, 1.807) is 30.9 Å². The van der Waals surface area contributed by atoms with Crippen molar-refractivity contribution in [3.63, 3.8) is 0 Å². The predicted octanol–water partition coefficient (Wildman–Crippen LogP) is 1.77. The molecule has 1 atom stereocenters. The van der Waals surface area contributed by atoms with E-state index in [4.69, 9.17) is 4.74 Å². The molecule has 5 heteroatoms. The highest BCUT2D eigenvalue weighted by atomic mass is 79.9. The molecule has 0 unspecified atom stereocenters. The van der Waals surface area contributed by atoms with Gasteiger partial charge in [0.25, 0.3) is 0 Å². The van der Waals surface area contributed by atoms with E-state index >= 15 is 0 Å². The van der Waals surface area contributed by atoms with E-state index < -0.39 is 0 Å². The molecule has 13 heavy (non-hydrogen) atoms. The van der Waals surface area contributed by atoms with E-state index in [-0.39, 0.29) is 12.0 Å². The van der Waals surface area contributed by atoms with Crippen LogP contribution in [0.25, 0.3) is 0 Å². The predicted molar refractivity (Wildman–Crippen MR) is 51.3 cm³/mol. The zero-order chi connectivity index (χ0) is 9.84. The van der Waals surface area contributed by atoms with Gasteiger partial charge in [0.05, 0.1) is 17.3 Å². The van der Waals surface area contributed by atoms with Gasteiger partial charge in [-0.2, -0.15) is 5.10 Å². The molecular weight excluding hydrogens is 236 g/mol. The molecule has 0 spiro atoms. The van der Waals surface area contributed by atoms with Crippen molar-refractivity contribution in [2.45, 2.75) is 19.9 Å². The van der Waals surface area contributed by atoms with Crippen LogP contribution in [0, 0.1) is 0 Å². The van der Waals surface area contributed by atoms with Crippen LogP contribution >= 0.6 is 15.9 Å². The molecule has 1 aromatic rings. The molecule has 0 saturated carbocycles. The van der Waals surface area contributed by atoms with Crippen molar-refractivity contribution < 1.29 is 9.53 Å². The number of nitrogens with zero attached hydrogens (tertiary/aromatic N) is 2. The first kappa shape index (κ1) is 10.2. The van der Waals surface area contributed by atoms with Gasteiger partial charge < -0.3 is 4.74 Å². The summed E-state index contributed by atoms with van der Waals surface area (Å²) in [4.78, 5) is 11.3. The molecule has 4 nitrogen and oxygen atoms in total. The first-order valence-corrected chi connectivity index (χ1v) is 4.80. The van der Waals surface area contributed by atoms with Gasteiger partial charge in [0.2, 0.25) is 0 Å². The summed E-state index contributed by atoms with van der Waals surface area (Å²) < 4.78 is 7.26. The highest BCUT2D eigenvalue weighted by Crippen LogP contribution is 2.12. The molecule has 1 aromatic heterocycles. The van der Waals surface area contributed by atoms with E-state index in [0.717, 1.165) is 4.47 Å². The standard InChI is InChI=1S/C8H11BrN2O2/c1-3-13-8(12)6(2)11-5-7(9)4-10-11/h4-6H,3H2,1-2H3/t6-/m1/s1. The van der Waals surface area contributed by atoms with Gasteiger partial charge in [-0.1, -0.05) is 0 Å². The number of halogens is 1. The summed E-state index contributed by atoms with van der Waals surface area (Å²) in [6.45, 7) is 3.92. The fourth-order valence-corrected chi connectivity index (χ4v) is 1.20. The van der Waals surface area contributed by atoms with Crippen LogP contribution in [0.5, 0.6) is 0 Å². The van der Waals surface area contributed by atoms with E-state index in [1.807, 2.05) is 0 Å². The Labute approximate surface area is 85.0 Å². The largest absolute Gasteiger partial charge is 0.464 e. The van der Waals surface area contributed by atoms with Gasteiger partial charge in [-0.15, -0.1) is 0 Å². The maximum atomic E-state index is 11.3. The molecule has 0 aliphatic carbocycles. The lowest BCUT2D eigenvalue weighted by atomic mass is 10.3. The first-order chi connectivity index (χ1) is 6.15. The van der Waals surface area contributed by atoms with E-state index in [0.29, 0.717) is 6.61 Å². The quantitative estimate of drug-likeness (QED) is 0.764. The lowest BCUT2D eigenvalue weighted by molar-refractivity contribution is -0.146. The molecule has 1 rings (SSSR count). The minimum atomic E-state index is -0.369. The summed E-state index contributed by atoms with van der Waals surface area (Å²) in [5.41, 5.74) is 0. The van der Waals surface area contributed by atoms with Gasteiger partial charge >= 0.3 is 5.97 Å². The third-order valence-corrected chi connectivity index (χ3v) is 2.00. The maximum Gasteiger partial charge on any atom is 0.330 e. The second-order valence-electron chi connectivity index (χ2n) is 2.57. The average Bonchev–Trinajstić information content (AvgIpc) is 2.51. The van der Waals surface area contributed by atoms with E-state index in [2.05, 4.69) is 21.0 Å². The Hall–Kier alpha value is -0.840. The topological polar surface area (TPSA) is 44.1 Å². The molecule has 0 radical (unpaired) electrons. The van der Waals surface area contributed by atoms with Gasteiger partial charge in [0.1, 0.15) is 6.04 Å². The van der Waals surface area contributed by atoms with E-state index in [9.17, 15) is 4.79 Å². The smallest absolute Gasteiger partial charge is 0.330 e. The van der Waals surface area contributed by atoms with Crippen molar-refractivity contribution >= 4 is 21.9 Å². The van der Waals surface area contributed by atoms with Crippen LogP contribution in [0.1, 0.15) is 19.9 Å². The van der Waals surface area contributed by atoms with Crippen LogP contribution in [0.4, 0.5) is 0 Å². The molecular formula is C8H11BrN2O2. The normalized spacial score (nSPS) is 12.5. The number of rotatable bonds is 3. The van der Waals surface area contributed by atoms with Crippen molar-refractivity contribution in [3.8, 4) is 0 Å². The highest BCUT2D eigenvalue weighted by molar-refractivity contribution is 9.10. The SMILES string of the molecule is CCOC(=O)[C@@H](C)n1cc(Br)cn1. The number of hydrogen-bond acceptors (Lipinski definition) is 3. The molecule has 0 N–H and O–H groups in total. The molecule has 0 fully saturated rings. The minimum absolute atomic E-state index is 0.266. The fourth-order valence-electron chi connectivity index (χ4n) is 0.898. The summed E-state index contributed by atoms with van der Waals surface area (Å²) >= 11 is 3.25. The van der Waals surface area contributed by atoms with E-state index in [1.165, 1.54) is 0 Å². The Balaban J connectivity index is 2.67. The second kappa shape index (κ2) is 4.41. The van der Waals surface area contributed by atoms with Crippen molar-refractivity contribution in [3.05, 3.63) is 16.9 Å². The molecule has 0 bridgehead atoms. The van der Waals surface area contributed by atoms with Gasteiger partial charge in [-0.3, -0.25) is 4.68 Å². The Kier molecular flexibility index (Phi) is 3.48. The van der Waals surface area contributed by atoms with Gasteiger partial charge in [-0.05, 0) is 29.8 Å². The minimum Gasteiger partial charge on any atom is -0.464 e. The summed E-state index contributed by atoms with van der Waals surface area (Å²) in [6.07, 6.45) is 3.37. The summed E-state index contributed by atoms with van der Waals surface area (Å²) in [6, 6.07) is -0.369. The Bertz CT molecular complexity index is 298. The number of carbonyl (C=O) groups excluding carboxylic acids is 1. The van der Waals surface area contributed by atoms with Crippen molar-refractivity contribution in [1.82, 2.24) is 9.78 Å². The highest BCUT2D eigenvalue weighted by Gasteiger charge is 2.16. The summed E-state index contributed by atoms with van der Waals surface area (Å²) in [5.74, 6) is -0.266. The molecule has 0 saturated heterocycles. The Morgan fingerprint density at radius 2 is 2.54 bits per heavy atom. The molecule has 0 aliphatic heterocycles. The van der Waals surface area contributed by atoms with Crippen LogP contribution in [-0.4, -0.2) is 22.4 Å². The number of hydrogen-bond donors (Lipinski definition) is 0. The van der Waals surface area contributed by atoms with Crippen LogP contribution in [0.15, 0.2) is 16.9 Å². The number of aromatic nitrogens is 2. The van der Waals surface area contributed by atoms with Crippen molar-refractivity contribution in [1.29, 1.82) is 0 Å². The monoisotopic (exact) mass is 246 g/mol. The van der Waals surface area contributed by atoms with Crippen LogP contribution in [0.3, 0.4) is 0 Å². The third kappa shape index (κ3) is 2.55. The Morgan fingerprint density at radius 3 is 3.00 bits per heavy atom. The summed E-state index contributed by atoms with van der Waals surface area (Å²) in [5, 5.41) is 3.99. The van der Waals surface area contributed by atoms with Gasteiger partial charge in [-0.25, -0.2) is 4.79 Å². The number of esters is 1. The number of ether oxygens (including phenoxy) is 1. The summed E-state index contributed by atoms with van der Waals surface area (Å²) in [7, 11) is 0. The lowest BCUT2D eigenvalue weighted by Gasteiger charge is -2.09. The molecule has 1 heterocycles. The molecule has 0 aromatic carbocycles. The number of carbonyl (C=O) groups is 1. The van der Waals surface area contributed by atoms with Gasteiger partial charge in [0, 0.05) is 6.20 Å². The first-order valence-electron chi connectivity index (χ1n) is 4.01. The Morgan fingerprint density at radius 1 is 1.85 bits per heavy atom. The fraction of sp³-hybridized carbons (Fsp3) is 0.500. The van der Waals surface area contributed by atoms with Crippen LogP contribution in [0.2, 0.25) is 0 Å². The lowest BCUT2D eigenvalue weighted by Crippen LogP contribution is -2.19. The molecule has 0 aliphatic rings. The zero-order valence-corrected chi connectivity index (χ0v) is 9.11. The molecule has 0 amide bonds. The van der Waals surface area contributed by atoms with Crippen LogP contribution < -0.4 is 0 Å². The molecule has 72 valence electrons. The van der Waals surface area contributed by atoms with Crippen LogP contribution in [-0.2, 0) is 9.53 Å². The second-order valence-corrected chi connectivity index (χ2v) is 3.48. The third-order valence-electron chi connectivity index (χ3n) is 1.59.